The summed E-state index contributed by atoms with van der Waals surface area (Å²) in [5.74, 6) is -0.571. The van der Waals surface area contributed by atoms with Crippen LogP contribution < -0.4 is 4.74 Å². The molecule has 1 heterocycles. The highest BCUT2D eigenvalue weighted by molar-refractivity contribution is 5.94. The van der Waals surface area contributed by atoms with Gasteiger partial charge < -0.3 is 9.84 Å². The fourth-order valence-electron chi connectivity index (χ4n) is 1.99. The summed E-state index contributed by atoms with van der Waals surface area (Å²) in [6, 6.07) is 10.1. The molecular formula is C18H18N2O3. The van der Waals surface area contributed by atoms with E-state index in [1.165, 1.54) is 12.3 Å². The van der Waals surface area contributed by atoms with Crippen molar-refractivity contribution in [3.8, 4) is 23.1 Å². The molecule has 0 fully saturated rings. The topological polar surface area (TPSA) is 83.2 Å². The molecule has 0 aliphatic carbocycles. The summed E-state index contributed by atoms with van der Waals surface area (Å²) in [5.41, 5.74) is 1.33. The SMILES string of the molecule is CC(C)(C)COc1ccc(-c2ncccc2C(=O)O)cc1C#N. The van der Waals surface area contributed by atoms with Crippen molar-refractivity contribution in [1.29, 1.82) is 5.26 Å². The molecule has 5 heteroatoms. The van der Waals surface area contributed by atoms with Gasteiger partial charge in [-0.25, -0.2) is 4.79 Å². The molecule has 0 saturated carbocycles. The molecule has 1 aromatic carbocycles. The zero-order chi connectivity index (χ0) is 17.0. The Labute approximate surface area is 135 Å². The molecule has 0 spiro atoms. The van der Waals surface area contributed by atoms with E-state index in [1.807, 2.05) is 20.8 Å². The lowest BCUT2D eigenvalue weighted by Crippen LogP contribution is -2.17. The molecular weight excluding hydrogens is 292 g/mol. The number of ether oxygens (including phenoxy) is 1. The van der Waals surface area contributed by atoms with Gasteiger partial charge in [-0.05, 0) is 35.7 Å². The van der Waals surface area contributed by atoms with Gasteiger partial charge in [-0.15, -0.1) is 0 Å². The number of carbonyl (C=O) groups is 1. The molecule has 0 amide bonds. The van der Waals surface area contributed by atoms with Gasteiger partial charge in [0.05, 0.1) is 23.4 Å². The van der Waals surface area contributed by atoms with Crippen LogP contribution in [0.3, 0.4) is 0 Å². The van der Waals surface area contributed by atoms with E-state index in [0.717, 1.165) is 0 Å². The molecule has 1 N–H and O–H groups in total. The number of carboxylic acid groups (broad SMARTS) is 1. The molecule has 2 rings (SSSR count). The van der Waals surface area contributed by atoms with Gasteiger partial charge in [0, 0.05) is 11.8 Å². The minimum atomic E-state index is -1.06. The number of hydrogen-bond donors (Lipinski definition) is 1. The van der Waals surface area contributed by atoms with Crippen LogP contribution in [-0.4, -0.2) is 22.7 Å². The van der Waals surface area contributed by atoms with Crippen molar-refractivity contribution < 1.29 is 14.6 Å². The second kappa shape index (κ2) is 6.49. The van der Waals surface area contributed by atoms with Crippen molar-refractivity contribution in [3.63, 3.8) is 0 Å². The van der Waals surface area contributed by atoms with Crippen molar-refractivity contribution in [2.24, 2.45) is 5.41 Å². The molecule has 0 bridgehead atoms. The van der Waals surface area contributed by atoms with E-state index in [4.69, 9.17) is 4.74 Å². The molecule has 0 saturated heterocycles. The van der Waals surface area contributed by atoms with Crippen LogP contribution in [0.5, 0.6) is 5.75 Å². The Hall–Kier alpha value is -2.87. The Morgan fingerprint density at radius 2 is 2.09 bits per heavy atom. The van der Waals surface area contributed by atoms with Gasteiger partial charge in [0.15, 0.2) is 0 Å². The molecule has 0 aliphatic rings. The number of nitrogens with zero attached hydrogens (tertiary/aromatic N) is 2. The molecule has 5 nitrogen and oxygen atoms in total. The van der Waals surface area contributed by atoms with Crippen LogP contribution in [0.2, 0.25) is 0 Å². The molecule has 23 heavy (non-hydrogen) atoms. The summed E-state index contributed by atoms with van der Waals surface area (Å²) in [5, 5.41) is 18.6. The maximum absolute atomic E-state index is 11.3. The first kappa shape index (κ1) is 16.5. The van der Waals surface area contributed by atoms with Gasteiger partial charge in [-0.1, -0.05) is 20.8 Å². The Kier molecular flexibility index (Phi) is 4.65. The van der Waals surface area contributed by atoms with E-state index in [2.05, 4.69) is 11.1 Å². The standard InChI is InChI=1S/C18H18N2O3/c1-18(2,3)11-23-15-7-6-12(9-13(15)10-19)16-14(17(21)22)5-4-8-20-16/h4-9H,11H2,1-3H3,(H,21,22). The minimum absolute atomic E-state index is 0.0249. The van der Waals surface area contributed by atoms with Crippen LogP contribution in [0.1, 0.15) is 36.7 Å². The third-order valence-electron chi connectivity index (χ3n) is 3.07. The largest absolute Gasteiger partial charge is 0.492 e. The molecule has 1 aromatic heterocycles. The third kappa shape index (κ3) is 4.07. The van der Waals surface area contributed by atoms with Crippen LogP contribution in [0, 0.1) is 16.7 Å². The van der Waals surface area contributed by atoms with E-state index < -0.39 is 5.97 Å². The predicted octanol–water partition coefficient (Wildman–Crippen LogP) is 3.74. The van der Waals surface area contributed by atoms with Crippen molar-refractivity contribution in [3.05, 3.63) is 47.7 Å². The highest BCUT2D eigenvalue weighted by Crippen LogP contribution is 2.28. The van der Waals surface area contributed by atoms with E-state index >= 15 is 0 Å². The number of nitriles is 1. The number of pyridine rings is 1. The summed E-state index contributed by atoms with van der Waals surface area (Å²) < 4.78 is 5.70. The van der Waals surface area contributed by atoms with Crippen molar-refractivity contribution in [2.45, 2.75) is 20.8 Å². The Balaban J connectivity index is 2.41. The summed E-state index contributed by atoms with van der Waals surface area (Å²) in [4.78, 5) is 15.4. The monoisotopic (exact) mass is 310 g/mol. The van der Waals surface area contributed by atoms with E-state index in [9.17, 15) is 15.2 Å². The number of carboxylic acids is 1. The maximum Gasteiger partial charge on any atom is 0.337 e. The normalized spacial score (nSPS) is 10.9. The smallest absolute Gasteiger partial charge is 0.337 e. The summed E-state index contributed by atoms with van der Waals surface area (Å²) in [6.45, 7) is 6.60. The van der Waals surface area contributed by atoms with Crippen LogP contribution in [0.25, 0.3) is 11.3 Å². The lowest BCUT2D eigenvalue weighted by molar-refractivity contribution is 0.0697. The van der Waals surface area contributed by atoms with E-state index in [-0.39, 0.29) is 11.0 Å². The van der Waals surface area contributed by atoms with Gasteiger partial charge >= 0.3 is 5.97 Å². The molecule has 0 radical (unpaired) electrons. The van der Waals surface area contributed by atoms with Crippen molar-refractivity contribution in [1.82, 2.24) is 4.98 Å². The third-order valence-corrected chi connectivity index (χ3v) is 3.07. The number of hydrogen-bond acceptors (Lipinski definition) is 4. The second-order valence-electron chi connectivity index (χ2n) is 6.38. The van der Waals surface area contributed by atoms with Crippen LogP contribution in [0.15, 0.2) is 36.5 Å². The highest BCUT2D eigenvalue weighted by Gasteiger charge is 2.16. The number of rotatable bonds is 4. The summed E-state index contributed by atoms with van der Waals surface area (Å²) in [7, 11) is 0. The predicted molar refractivity (Wildman–Crippen MR) is 86.3 cm³/mol. The second-order valence-corrected chi connectivity index (χ2v) is 6.38. The van der Waals surface area contributed by atoms with Crippen molar-refractivity contribution in [2.75, 3.05) is 6.61 Å². The van der Waals surface area contributed by atoms with Gasteiger partial charge in [-0.3, -0.25) is 4.98 Å². The highest BCUT2D eigenvalue weighted by atomic mass is 16.5. The van der Waals surface area contributed by atoms with Crippen LogP contribution in [-0.2, 0) is 0 Å². The lowest BCUT2D eigenvalue weighted by Gasteiger charge is -2.19. The number of aromatic nitrogens is 1. The Morgan fingerprint density at radius 3 is 2.70 bits per heavy atom. The molecule has 0 unspecified atom stereocenters. The van der Waals surface area contributed by atoms with Gasteiger partial charge in [0.25, 0.3) is 0 Å². The van der Waals surface area contributed by atoms with Gasteiger partial charge in [-0.2, -0.15) is 5.26 Å². The zero-order valence-electron chi connectivity index (χ0n) is 13.3. The van der Waals surface area contributed by atoms with Crippen LogP contribution >= 0.6 is 0 Å². The fraction of sp³-hybridized carbons (Fsp3) is 0.278. The minimum Gasteiger partial charge on any atom is -0.492 e. The van der Waals surface area contributed by atoms with Gasteiger partial charge in [0.2, 0.25) is 0 Å². The van der Waals surface area contributed by atoms with E-state index in [1.54, 1.807) is 24.3 Å². The lowest BCUT2D eigenvalue weighted by atomic mass is 9.98. The van der Waals surface area contributed by atoms with E-state index in [0.29, 0.717) is 29.2 Å². The average Bonchev–Trinajstić information content (AvgIpc) is 2.52. The molecule has 0 atom stereocenters. The Bertz CT molecular complexity index is 771. The first-order valence-electron chi connectivity index (χ1n) is 7.17. The molecule has 2 aromatic rings. The first-order chi connectivity index (χ1) is 10.8. The first-order valence-corrected chi connectivity index (χ1v) is 7.17. The number of aromatic carboxylic acids is 1. The maximum atomic E-state index is 11.3. The quantitative estimate of drug-likeness (QED) is 0.930. The zero-order valence-corrected chi connectivity index (χ0v) is 13.3. The number of benzene rings is 1. The fourth-order valence-corrected chi connectivity index (χ4v) is 1.99. The molecule has 118 valence electrons. The molecule has 0 aliphatic heterocycles. The summed E-state index contributed by atoms with van der Waals surface area (Å²) >= 11 is 0. The Morgan fingerprint density at radius 1 is 1.35 bits per heavy atom. The van der Waals surface area contributed by atoms with Crippen LogP contribution in [0.4, 0.5) is 0 Å². The van der Waals surface area contributed by atoms with Crippen molar-refractivity contribution >= 4 is 5.97 Å². The summed E-state index contributed by atoms with van der Waals surface area (Å²) in [6.07, 6.45) is 1.53. The average molecular weight is 310 g/mol. The van der Waals surface area contributed by atoms with Gasteiger partial charge in [0.1, 0.15) is 11.8 Å².